The minimum Gasteiger partial charge on any atom is -0.391 e. The Morgan fingerprint density at radius 1 is 1.14 bits per heavy atom. The SMILES string of the molecule is O=C1NC(=O)/C(=C/c2cnn3c(NC4CC4)nc(N[C@H](C(=O)N4CC[C@H](O)C4)c4ccccc4)nc23)N1. The maximum absolute atomic E-state index is 13.5. The van der Waals surface area contributed by atoms with Crippen LogP contribution in [0.15, 0.2) is 42.2 Å². The van der Waals surface area contributed by atoms with Gasteiger partial charge in [-0.1, -0.05) is 30.3 Å². The van der Waals surface area contributed by atoms with Crippen molar-refractivity contribution >= 4 is 41.5 Å². The summed E-state index contributed by atoms with van der Waals surface area (Å²) >= 11 is 0. The van der Waals surface area contributed by atoms with E-state index in [1.165, 1.54) is 16.8 Å². The standard InChI is InChI=1S/C24H25N9O4/c34-16-8-9-32(12-16)21(36)18(13-4-2-1-3-5-13)28-22-29-19-14(10-17-20(35)30-24(37)27-17)11-25-33(19)23(31-22)26-15-6-7-15/h1-5,10-11,15-16,18,34H,6-9,12H2,(H2,26,28,29,31)(H2,27,30,35,37)/b17-10-/t16-,18-/m0/s1. The molecule has 0 bridgehead atoms. The van der Waals surface area contributed by atoms with Gasteiger partial charge in [-0.05, 0) is 30.9 Å². The number of carbonyl (C=O) groups is 3. The normalized spacial score (nSPS) is 21.3. The van der Waals surface area contributed by atoms with Gasteiger partial charge < -0.3 is 26.0 Å². The van der Waals surface area contributed by atoms with E-state index < -0.39 is 24.1 Å². The number of likely N-dealkylation sites (tertiary alicyclic amines) is 1. The van der Waals surface area contributed by atoms with Gasteiger partial charge in [-0.25, -0.2) is 4.79 Å². The van der Waals surface area contributed by atoms with E-state index in [4.69, 9.17) is 0 Å². The van der Waals surface area contributed by atoms with Crippen molar-refractivity contribution in [3.8, 4) is 0 Å². The maximum Gasteiger partial charge on any atom is 0.326 e. The monoisotopic (exact) mass is 503 g/mol. The number of nitrogens with zero attached hydrogens (tertiary/aromatic N) is 5. The van der Waals surface area contributed by atoms with Crippen LogP contribution in [0, 0.1) is 0 Å². The summed E-state index contributed by atoms with van der Waals surface area (Å²) in [6.07, 6.45) is 5.01. The highest BCUT2D eigenvalue weighted by molar-refractivity contribution is 6.14. The number of β-amino-alcohol motifs (C(OH)–C–C–N with tert-alkyl or cyclic N) is 1. The zero-order chi connectivity index (χ0) is 25.5. The van der Waals surface area contributed by atoms with Gasteiger partial charge >= 0.3 is 6.03 Å². The van der Waals surface area contributed by atoms with E-state index in [1.54, 1.807) is 4.90 Å². The number of aliphatic hydroxyl groups is 1. The fourth-order valence-electron chi connectivity index (χ4n) is 4.39. The van der Waals surface area contributed by atoms with Gasteiger partial charge in [0.05, 0.1) is 12.3 Å². The highest BCUT2D eigenvalue weighted by Gasteiger charge is 2.32. The second-order valence-corrected chi connectivity index (χ2v) is 9.31. The smallest absolute Gasteiger partial charge is 0.326 e. The van der Waals surface area contributed by atoms with E-state index in [-0.39, 0.29) is 30.1 Å². The first kappa shape index (κ1) is 22.9. The highest BCUT2D eigenvalue weighted by atomic mass is 16.3. The lowest BCUT2D eigenvalue weighted by molar-refractivity contribution is -0.131. The number of anilines is 2. The number of aromatic nitrogens is 4. The summed E-state index contributed by atoms with van der Waals surface area (Å²) in [7, 11) is 0. The van der Waals surface area contributed by atoms with Gasteiger partial charge in [0.15, 0.2) is 5.65 Å². The Hall–Kier alpha value is -4.52. The third kappa shape index (κ3) is 4.68. The molecule has 13 nitrogen and oxygen atoms in total. The van der Waals surface area contributed by atoms with Gasteiger partial charge in [0.1, 0.15) is 11.7 Å². The molecular weight excluding hydrogens is 478 g/mol. The quantitative estimate of drug-likeness (QED) is 0.230. The van der Waals surface area contributed by atoms with Crippen LogP contribution >= 0.6 is 0 Å². The van der Waals surface area contributed by atoms with Crippen LogP contribution in [0.5, 0.6) is 0 Å². The van der Waals surface area contributed by atoms with E-state index in [0.717, 1.165) is 18.4 Å². The molecule has 5 N–H and O–H groups in total. The fourth-order valence-corrected chi connectivity index (χ4v) is 4.39. The van der Waals surface area contributed by atoms with Gasteiger partial charge in [0, 0.05) is 24.7 Å². The third-order valence-corrected chi connectivity index (χ3v) is 6.45. The number of fused-ring (bicyclic) bond motifs is 1. The Balaban J connectivity index is 1.39. The van der Waals surface area contributed by atoms with Gasteiger partial charge in [0.2, 0.25) is 17.8 Å². The summed E-state index contributed by atoms with van der Waals surface area (Å²) in [5.41, 5.74) is 1.68. The Morgan fingerprint density at radius 2 is 1.95 bits per heavy atom. The largest absolute Gasteiger partial charge is 0.391 e. The van der Waals surface area contributed by atoms with Crippen LogP contribution in [0.1, 0.15) is 36.4 Å². The minimum atomic E-state index is -0.785. The molecule has 6 rings (SSSR count). The number of carbonyl (C=O) groups excluding carboxylic acids is 3. The van der Waals surface area contributed by atoms with Gasteiger partial charge in [-0.2, -0.15) is 19.6 Å². The predicted molar refractivity (Wildman–Crippen MR) is 132 cm³/mol. The molecule has 2 atom stereocenters. The van der Waals surface area contributed by atoms with Crippen LogP contribution in [0.4, 0.5) is 16.7 Å². The summed E-state index contributed by atoms with van der Waals surface area (Å²) in [6.45, 7) is 0.736. The molecule has 0 unspecified atom stereocenters. The first-order valence-corrected chi connectivity index (χ1v) is 12.1. The Morgan fingerprint density at radius 3 is 2.62 bits per heavy atom. The van der Waals surface area contributed by atoms with Crippen molar-refractivity contribution < 1.29 is 19.5 Å². The second kappa shape index (κ2) is 9.17. The van der Waals surface area contributed by atoms with Crippen molar-refractivity contribution in [2.75, 3.05) is 23.7 Å². The molecule has 1 aliphatic carbocycles. The summed E-state index contributed by atoms with van der Waals surface area (Å²) in [4.78, 5) is 48.0. The van der Waals surface area contributed by atoms with E-state index in [2.05, 4.69) is 36.3 Å². The molecule has 2 aliphatic heterocycles. The molecule has 2 aromatic heterocycles. The van der Waals surface area contributed by atoms with Crippen molar-refractivity contribution in [2.45, 2.75) is 37.5 Å². The van der Waals surface area contributed by atoms with Crippen LogP contribution in [-0.2, 0) is 9.59 Å². The van der Waals surface area contributed by atoms with E-state index in [1.807, 2.05) is 30.3 Å². The number of rotatable bonds is 7. The lowest BCUT2D eigenvalue weighted by Crippen LogP contribution is -2.37. The first-order valence-electron chi connectivity index (χ1n) is 12.1. The molecule has 4 heterocycles. The molecule has 3 fully saturated rings. The molecule has 2 saturated heterocycles. The molecular formula is C24H25N9O4. The van der Waals surface area contributed by atoms with E-state index in [0.29, 0.717) is 30.1 Å². The van der Waals surface area contributed by atoms with Gasteiger partial charge in [0.25, 0.3) is 5.91 Å². The first-order chi connectivity index (χ1) is 17.9. The molecule has 37 heavy (non-hydrogen) atoms. The van der Waals surface area contributed by atoms with E-state index in [9.17, 15) is 19.5 Å². The molecule has 3 aromatic rings. The van der Waals surface area contributed by atoms with Crippen molar-refractivity contribution in [3.63, 3.8) is 0 Å². The number of hydrogen-bond acceptors (Lipinski definition) is 9. The van der Waals surface area contributed by atoms with Crippen molar-refractivity contribution in [1.29, 1.82) is 0 Å². The summed E-state index contributed by atoms with van der Waals surface area (Å²) < 4.78 is 1.53. The minimum absolute atomic E-state index is 0.0784. The van der Waals surface area contributed by atoms with Crippen LogP contribution < -0.4 is 21.3 Å². The predicted octanol–water partition coefficient (Wildman–Crippen LogP) is 0.625. The second-order valence-electron chi connectivity index (χ2n) is 9.31. The number of urea groups is 1. The zero-order valence-electron chi connectivity index (χ0n) is 19.7. The summed E-state index contributed by atoms with van der Waals surface area (Å²) in [5.74, 6) is -0.104. The van der Waals surface area contributed by atoms with Crippen LogP contribution in [0.3, 0.4) is 0 Å². The third-order valence-electron chi connectivity index (χ3n) is 6.45. The molecule has 1 aromatic carbocycles. The van der Waals surface area contributed by atoms with Crippen LogP contribution in [0.25, 0.3) is 11.7 Å². The highest BCUT2D eigenvalue weighted by Crippen LogP contribution is 2.28. The van der Waals surface area contributed by atoms with Crippen LogP contribution in [0.2, 0.25) is 0 Å². The molecule has 0 spiro atoms. The lowest BCUT2D eigenvalue weighted by atomic mass is 10.1. The molecule has 1 saturated carbocycles. The zero-order valence-corrected chi connectivity index (χ0v) is 19.7. The number of benzene rings is 1. The topological polar surface area (TPSA) is 166 Å². The number of hydrogen-bond donors (Lipinski definition) is 5. The summed E-state index contributed by atoms with van der Waals surface area (Å²) in [5, 5.41) is 25.5. The molecule has 0 radical (unpaired) electrons. The molecule has 190 valence electrons. The van der Waals surface area contributed by atoms with Crippen molar-refractivity contribution in [2.24, 2.45) is 0 Å². The van der Waals surface area contributed by atoms with Crippen molar-refractivity contribution in [1.82, 2.24) is 35.1 Å². The Labute approximate surface area is 211 Å². The number of nitrogens with one attached hydrogen (secondary N) is 4. The maximum atomic E-state index is 13.5. The number of amides is 4. The fraction of sp³-hybridized carbons (Fsp3) is 0.333. The molecule has 4 amide bonds. The number of imide groups is 1. The van der Waals surface area contributed by atoms with Gasteiger partial charge in [-0.15, -0.1) is 0 Å². The summed E-state index contributed by atoms with van der Waals surface area (Å²) in [6, 6.07) is 8.14. The molecule has 3 aliphatic rings. The Bertz CT molecular complexity index is 1420. The Kier molecular flexibility index (Phi) is 5.68. The van der Waals surface area contributed by atoms with E-state index >= 15 is 0 Å². The molecule has 13 heteroatoms. The lowest BCUT2D eigenvalue weighted by Gasteiger charge is -2.24. The van der Waals surface area contributed by atoms with Crippen LogP contribution in [-0.4, -0.2) is 72.7 Å². The average molecular weight is 504 g/mol. The number of aliphatic hydroxyl groups excluding tert-OH is 1. The van der Waals surface area contributed by atoms with Gasteiger partial charge in [-0.3, -0.25) is 14.9 Å². The van der Waals surface area contributed by atoms with Crippen molar-refractivity contribution in [3.05, 3.63) is 53.4 Å². The average Bonchev–Trinajstić information content (AvgIpc) is 3.29.